The van der Waals surface area contributed by atoms with E-state index in [1.54, 1.807) is 11.8 Å². The van der Waals surface area contributed by atoms with Crippen molar-refractivity contribution in [2.45, 2.75) is 36.2 Å². The van der Waals surface area contributed by atoms with Crippen molar-refractivity contribution in [1.82, 2.24) is 9.97 Å². The molecule has 1 aromatic heterocycles. The van der Waals surface area contributed by atoms with Crippen molar-refractivity contribution in [2.75, 3.05) is 11.1 Å². The highest BCUT2D eigenvalue weighted by molar-refractivity contribution is 7.99. The number of alkyl halides is 3. The average molecular weight is 452 g/mol. The third kappa shape index (κ3) is 7.06. The van der Waals surface area contributed by atoms with E-state index in [1.165, 1.54) is 12.1 Å². The number of hydrogen-bond acceptors (Lipinski definition) is 5. The Morgan fingerprint density at radius 2 is 2.04 bits per heavy atom. The number of anilines is 1. The normalized spacial score (nSPS) is 11.7. The molecule has 0 aliphatic rings. The Hall–Kier alpha value is -1.65. The van der Waals surface area contributed by atoms with Crippen molar-refractivity contribution in [3.05, 3.63) is 50.9 Å². The van der Waals surface area contributed by atoms with Crippen LogP contribution >= 0.6 is 35.1 Å². The van der Waals surface area contributed by atoms with E-state index in [4.69, 9.17) is 11.6 Å². The van der Waals surface area contributed by atoms with Crippen molar-refractivity contribution < 1.29 is 18.0 Å². The Morgan fingerprint density at radius 3 is 2.68 bits per heavy atom. The van der Waals surface area contributed by atoms with Gasteiger partial charge in [-0.05, 0) is 23.4 Å². The zero-order valence-corrected chi connectivity index (χ0v) is 17.3. The molecular weight excluding hydrogens is 435 g/mol. The van der Waals surface area contributed by atoms with E-state index in [0.717, 1.165) is 23.9 Å². The number of nitrogens with one attached hydrogen (secondary N) is 2. The van der Waals surface area contributed by atoms with Crippen LogP contribution in [0.15, 0.2) is 34.2 Å². The topological polar surface area (TPSA) is 74.8 Å². The van der Waals surface area contributed by atoms with E-state index in [2.05, 4.69) is 15.3 Å². The molecule has 0 aliphatic carbocycles. The molecule has 152 valence electrons. The number of halogens is 4. The van der Waals surface area contributed by atoms with E-state index in [1.807, 2.05) is 13.8 Å². The van der Waals surface area contributed by atoms with Crippen molar-refractivity contribution >= 4 is 46.7 Å². The van der Waals surface area contributed by atoms with Crippen molar-refractivity contribution in [3.8, 4) is 0 Å². The van der Waals surface area contributed by atoms with Crippen LogP contribution in [-0.2, 0) is 16.7 Å². The molecule has 0 unspecified atom stereocenters. The summed E-state index contributed by atoms with van der Waals surface area (Å²) in [6.07, 6.45) is -4.62. The molecule has 11 heteroatoms. The molecular formula is C17H17ClF3N3O2S2. The number of benzene rings is 1. The summed E-state index contributed by atoms with van der Waals surface area (Å²) in [5.74, 6) is -0.106. The number of amides is 1. The van der Waals surface area contributed by atoms with Crippen LogP contribution in [0.2, 0.25) is 5.02 Å². The third-order valence-corrected chi connectivity index (χ3v) is 5.57. The second-order valence-corrected chi connectivity index (χ2v) is 8.87. The van der Waals surface area contributed by atoms with Gasteiger partial charge in [-0.15, -0.1) is 0 Å². The fourth-order valence-corrected chi connectivity index (χ4v) is 3.60. The molecule has 0 radical (unpaired) electrons. The minimum absolute atomic E-state index is 0.0224. The average Bonchev–Trinajstić information content (AvgIpc) is 2.58. The smallest absolute Gasteiger partial charge is 0.325 e. The number of carbonyl (C=O) groups excluding carboxylic acids is 1. The minimum atomic E-state index is -4.62. The van der Waals surface area contributed by atoms with Crippen LogP contribution in [-0.4, -0.2) is 26.9 Å². The summed E-state index contributed by atoms with van der Waals surface area (Å²) in [5.41, 5.74) is -0.783. The predicted molar refractivity (Wildman–Crippen MR) is 107 cm³/mol. The largest absolute Gasteiger partial charge is 0.417 e. The lowest BCUT2D eigenvalue weighted by Gasteiger charge is -2.11. The maximum absolute atomic E-state index is 12.9. The van der Waals surface area contributed by atoms with Gasteiger partial charge in [-0.1, -0.05) is 37.2 Å². The first kappa shape index (κ1) is 22.6. The lowest BCUT2D eigenvalue weighted by molar-refractivity contribution is -0.137. The summed E-state index contributed by atoms with van der Waals surface area (Å²) < 4.78 is 38.6. The van der Waals surface area contributed by atoms with Gasteiger partial charge in [0.05, 0.1) is 22.0 Å². The number of rotatable bonds is 7. The monoisotopic (exact) mass is 451 g/mol. The van der Waals surface area contributed by atoms with E-state index in [-0.39, 0.29) is 22.2 Å². The van der Waals surface area contributed by atoms with Gasteiger partial charge in [0.15, 0.2) is 5.16 Å². The minimum Gasteiger partial charge on any atom is -0.325 e. The third-order valence-electron chi connectivity index (χ3n) is 3.23. The van der Waals surface area contributed by atoms with Gasteiger partial charge >= 0.3 is 6.18 Å². The lowest BCUT2D eigenvalue weighted by Crippen LogP contribution is -2.16. The van der Waals surface area contributed by atoms with E-state index < -0.39 is 22.7 Å². The predicted octanol–water partition coefficient (Wildman–Crippen LogP) is 4.81. The summed E-state index contributed by atoms with van der Waals surface area (Å²) in [7, 11) is 0. The zero-order chi connectivity index (χ0) is 20.9. The molecule has 1 heterocycles. The number of aromatic nitrogens is 2. The molecule has 0 fully saturated rings. The van der Waals surface area contributed by atoms with Crippen LogP contribution in [0.1, 0.15) is 25.1 Å². The van der Waals surface area contributed by atoms with Crippen molar-refractivity contribution in [3.63, 3.8) is 0 Å². The number of H-pyrrole nitrogens is 1. The van der Waals surface area contributed by atoms with E-state index in [0.29, 0.717) is 16.7 Å². The van der Waals surface area contributed by atoms with Crippen molar-refractivity contribution in [1.29, 1.82) is 0 Å². The molecule has 0 aliphatic heterocycles. The molecule has 5 nitrogen and oxygen atoms in total. The fourth-order valence-electron chi connectivity index (χ4n) is 2.03. The van der Waals surface area contributed by atoms with Gasteiger partial charge in [-0.25, -0.2) is 4.98 Å². The first-order valence-electron chi connectivity index (χ1n) is 8.06. The molecule has 0 atom stereocenters. The Morgan fingerprint density at radius 1 is 1.32 bits per heavy atom. The maximum atomic E-state index is 12.9. The molecule has 1 aromatic carbocycles. The molecule has 0 saturated carbocycles. The van der Waals surface area contributed by atoms with Crippen LogP contribution in [0, 0.1) is 0 Å². The summed E-state index contributed by atoms with van der Waals surface area (Å²) >= 11 is 8.17. The van der Waals surface area contributed by atoms with Crippen LogP contribution in [0.4, 0.5) is 18.9 Å². The molecule has 2 aromatic rings. The SMILES string of the molecule is CC(C)SCc1cc(=O)[nH]c(SCC(=O)Nc2ccc(Cl)c(C(F)(F)F)c2)n1. The fraction of sp³-hybridized carbons (Fsp3) is 0.353. The van der Waals surface area contributed by atoms with Gasteiger partial charge in [0.25, 0.3) is 5.56 Å². The van der Waals surface area contributed by atoms with Gasteiger partial charge in [0, 0.05) is 17.5 Å². The summed E-state index contributed by atoms with van der Waals surface area (Å²) in [6.45, 7) is 4.05. The maximum Gasteiger partial charge on any atom is 0.417 e. The molecule has 0 saturated heterocycles. The lowest BCUT2D eigenvalue weighted by atomic mass is 10.2. The van der Waals surface area contributed by atoms with Gasteiger partial charge in [0.2, 0.25) is 5.91 Å². The van der Waals surface area contributed by atoms with Crippen LogP contribution in [0.3, 0.4) is 0 Å². The Balaban J connectivity index is 2.00. The molecule has 28 heavy (non-hydrogen) atoms. The Bertz CT molecular complexity index is 904. The van der Waals surface area contributed by atoms with Crippen molar-refractivity contribution in [2.24, 2.45) is 0 Å². The van der Waals surface area contributed by atoms with E-state index in [9.17, 15) is 22.8 Å². The first-order valence-corrected chi connectivity index (χ1v) is 10.5. The van der Waals surface area contributed by atoms with Crippen LogP contribution in [0.5, 0.6) is 0 Å². The van der Waals surface area contributed by atoms with Gasteiger partial charge < -0.3 is 10.3 Å². The highest BCUT2D eigenvalue weighted by Gasteiger charge is 2.33. The van der Waals surface area contributed by atoms with Gasteiger partial charge in [-0.3, -0.25) is 9.59 Å². The highest BCUT2D eigenvalue weighted by atomic mass is 35.5. The number of hydrogen-bond donors (Lipinski definition) is 2. The molecule has 2 rings (SSSR count). The zero-order valence-electron chi connectivity index (χ0n) is 14.9. The quantitative estimate of drug-likeness (QED) is 0.466. The molecule has 1 amide bonds. The van der Waals surface area contributed by atoms with Crippen LogP contribution < -0.4 is 10.9 Å². The number of carbonyl (C=O) groups is 1. The number of nitrogens with zero attached hydrogens (tertiary/aromatic N) is 1. The second-order valence-electron chi connectivity index (χ2n) is 5.93. The second kappa shape index (κ2) is 9.71. The molecule has 0 bridgehead atoms. The summed E-state index contributed by atoms with van der Waals surface area (Å²) in [5, 5.41) is 2.58. The van der Waals surface area contributed by atoms with Crippen LogP contribution in [0.25, 0.3) is 0 Å². The first-order chi connectivity index (χ1) is 13.0. The highest BCUT2D eigenvalue weighted by Crippen LogP contribution is 2.36. The molecule has 0 spiro atoms. The van der Waals surface area contributed by atoms with E-state index >= 15 is 0 Å². The van der Waals surface area contributed by atoms with Gasteiger partial charge in [-0.2, -0.15) is 24.9 Å². The van der Waals surface area contributed by atoms with Gasteiger partial charge in [0.1, 0.15) is 0 Å². The number of thioether (sulfide) groups is 2. The molecule has 2 N–H and O–H groups in total. The number of aromatic amines is 1. The summed E-state index contributed by atoms with van der Waals surface area (Å²) in [4.78, 5) is 30.6. The Kier molecular flexibility index (Phi) is 7.85. The Labute approximate surface area is 172 Å². The standard InChI is InChI=1S/C17H17ClF3N3O2S2/c1-9(2)27-7-11-6-14(25)24-16(23-11)28-8-15(26)22-10-3-4-13(18)12(5-10)17(19,20)21/h3-6,9H,7-8H2,1-2H3,(H,22,26)(H,23,24,25). The summed E-state index contributed by atoms with van der Waals surface area (Å²) in [6, 6.07) is 4.52.